The second-order valence-corrected chi connectivity index (χ2v) is 14.4. The van der Waals surface area contributed by atoms with E-state index in [4.69, 9.17) is 18.9 Å². The van der Waals surface area contributed by atoms with E-state index >= 15 is 0 Å². The fourth-order valence-corrected chi connectivity index (χ4v) is 6.26. The number of unbranched alkanes of at least 4 members (excludes halogenated alkanes) is 1. The molecule has 2 N–H and O–H groups in total. The third-order valence-electron chi connectivity index (χ3n) is 8.64. The molecule has 0 spiro atoms. The van der Waals surface area contributed by atoms with E-state index in [9.17, 15) is 24.0 Å². The summed E-state index contributed by atoms with van der Waals surface area (Å²) in [7, 11) is 1.16. The zero-order valence-corrected chi connectivity index (χ0v) is 31.4. The minimum Gasteiger partial charge on any atom is -0.467 e. The van der Waals surface area contributed by atoms with Crippen LogP contribution in [0.3, 0.4) is 0 Å². The Bertz CT molecular complexity index is 1680. The van der Waals surface area contributed by atoms with E-state index in [-0.39, 0.29) is 44.4 Å². The predicted molar refractivity (Wildman–Crippen MR) is 199 cm³/mol. The van der Waals surface area contributed by atoms with E-state index in [2.05, 4.69) is 10.6 Å². The van der Waals surface area contributed by atoms with E-state index in [0.717, 1.165) is 34.3 Å². The number of methoxy groups -OCH3 is 1. The average molecular weight is 730 g/mol. The lowest BCUT2D eigenvalue weighted by Gasteiger charge is -2.31. The van der Waals surface area contributed by atoms with Gasteiger partial charge in [-0.05, 0) is 80.2 Å². The van der Waals surface area contributed by atoms with Crippen molar-refractivity contribution in [3.8, 4) is 11.1 Å². The molecule has 0 fully saturated rings. The van der Waals surface area contributed by atoms with Crippen LogP contribution in [0, 0.1) is 5.92 Å². The monoisotopic (exact) mass is 729 g/mol. The number of alkyl carbamates (subject to hydrolysis) is 2. The number of ether oxygens (including phenoxy) is 4. The van der Waals surface area contributed by atoms with Gasteiger partial charge in [0.25, 0.3) is 5.91 Å². The second kappa shape index (κ2) is 18.9. The van der Waals surface area contributed by atoms with Crippen LogP contribution in [0.1, 0.15) is 82.9 Å². The molecule has 3 aromatic carbocycles. The Labute approximate surface area is 311 Å². The lowest BCUT2D eigenvalue weighted by atomic mass is 9.98. The first-order valence-electron chi connectivity index (χ1n) is 18.0. The summed E-state index contributed by atoms with van der Waals surface area (Å²) >= 11 is 0. The van der Waals surface area contributed by atoms with Crippen molar-refractivity contribution in [2.45, 2.75) is 90.5 Å². The molecule has 3 aromatic rings. The van der Waals surface area contributed by atoms with Crippen molar-refractivity contribution in [3.63, 3.8) is 0 Å². The Hall–Kier alpha value is -5.39. The third-order valence-corrected chi connectivity index (χ3v) is 8.64. The smallest absolute Gasteiger partial charge is 0.417 e. The number of imide groups is 1. The molecular formula is C41H51N3O9. The molecule has 12 nitrogen and oxygen atoms in total. The first-order valence-corrected chi connectivity index (χ1v) is 18.0. The van der Waals surface area contributed by atoms with E-state index in [1.165, 1.54) is 0 Å². The highest BCUT2D eigenvalue weighted by Crippen LogP contribution is 2.44. The van der Waals surface area contributed by atoms with Crippen LogP contribution in [0.5, 0.6) is 0 Å². The summed E-state index contributed by atoms with van der Waals surface area (Å²) in [5, 5.41) is 5.34. The van der Waals surface area contributed by atoms with Gasteiger partial charge < -0.3 is 29.6 Å². The van der Waals surface area contributed by atoms with Gasteiger partial charge in [-0.2, -0.15) is 0 Å². The number of amides is 4. The predicted octanol–water partition coefficient (Wildman–Crippen LogP) is 7.34. The summed E-state index contributed by atoms with van der Waals surface area (Å²) in [6.07, 6.45) is -1.62. The van der Waals surface area contributed by atoms with Gasteiger partial charge in [0.15, 0.2) is 0 Å². The Morgan fingerprint density at radius 3 is 1.98 bits per heavy atom. The van der Waals surface area contributed by atoms with Crippen LogP contribution < -0.4 is 10.6 Å². The van der Waals surface area contributed by atoms with Crippen molar-refractivity contribution >= 4 is 30.2 Å². The summed E-state index contributed by atoms with van der Waals surface area (Å²) in [5.41, 5.74) is 4.22. The number of fused-ring (bicyclic) bond motifs is 3. The van der Waals surface area contributed by atoms with Crippen LogP contribution in [0.2, 0.25) is 0 Å². The minimum atomic E-state index is -1.38. The van der Waals surface area contributed by atoms with Crippen molar-refractivity contribution in [3.05, 3.63) is 95.6 Å². The summed E-state index contributed by atoms with van der Waals surface area (Å²) < 4.78 is 21.6. The molecule has 1 aliphatic rings. The van der Waals surface area contributed by atoms with Gasteiger partial charge in [0.05, 0.1) is 7.11 Å². The summed E-state index contributed by atoms with van der Waals surface area (Å²) in [6.45, 7) is 9.09. The number of carbonyl (C=O) groups excluding carboxylic acids is 5. The maximum atomic E-state index is 14.4. The first-order chi connectivity index (χ1) is 25.3. The Morgan fingerprint density at radius 1 is 0.792 bits per heavy atom. The topological polar surface area (TPSA) is 150 Å². The van der Waals surface area contributed by atoms with Crippen LogP contribution in [-0.2, 0) is 35.1 Å². The highest BCUT2D eigenvalue weighted by atomic mass is 16.6. The molecule has 0 aromatic heterocycles. The van der Waals surface area contributed by atoms with Gasteiger partial charge >= 0.3 is 24.2 Å². The summed E-state index contributed by atoms with van der Waals surface area (Å²) in [4.78, 5) is 67.7. The average Bonchev–Trinajstić information content (AvgIpc) is 3.44. The summed E-state index contributed by atoms with van der Waals surface area (Å²) in [6, 6.07) is 22.2. The third kappa shape index (κ3) is 11.6. The van der Waals surface area contributed by atoms with Gasteiger partial charge in [-0.25, -0.2) is 24.1 Å². The van der Waals surface area contributed by atoms with Crippen molar-refractivity contribution in [2.75, 3.05) is 20.3 Å². The van der Waals surface area contributed by atoms with Crippen LogP contribution >= 0.6 is 0 Å². The van der Waals surface area contributed by atoms with Crippen LogP contribution in [0.15, 0.2) is 78.9 Å². The van der Waals surface area contributed by atoms with Crippen LogP contribution in [0.25, 0.3) is 11.1 Å². The van der Waals surface area contributed by atoms with Crippen molar-refractivity contribution in [2.24, 2.45) is 5.92 Å². The number of nitrogens with one attached hydrogen (secondary N) is 2. The normalized spacial score (nSPS) is 13.2. The molecule has 53 heavy (non-hydrogen) atoms. The van der Waals surface area contributed by atoms with Crippen molar-refractivity contribution in [1.29, 1.82) is 0 Å². The van der Waals surface area contributed by atoms with Crippen molar-refractivity contribution in [1.82, 2.24) is 15.5 Å². The molecule has 0 unspecified atom stereocenters. The van der Waals surface area contributed by atoms with Crippen LogP contribution in [-0.4, -0.2) is 73.0 Å². The number of rotatable bonds is 15. The highest BCUT2D eigenvalue weighted by molar-refractivity contribution is 6.00. The van der Waals surface area contributed by atoms with Crippen LogP contribution in [0.4, 0.5) is 14.4 Å². The minimum absolute atomic E-state index is 0.00813. The Kier molecular flexibility index (Phi) is 14.4. The SMILES string of the molecule is COC(=O)[C@H](CCCCNC(=O)OC(C)(C)C)N(C(=O)OCc1ccccc1)C(=O)[C@@H](CC(C)C)NC(=O)OCC1c2ccccc2-c2ccccc21. The molecule has 284 valence electrons. The number of carbonyl (C=O) groups is 5. The lowest BCUT2D eigenvalue weighted by Crippen LogP contribution is -2.56. The fraction of sp³-hybridized carbons (Fsp3) is 0.439. The zero-order valence-electron chi connectivity index (χ0n) is 31.4. The van der Waals surface area contributed by atoms with E-state index in [0.29, 0.717) is 18.4 Å². The Balaban J connectivity index is 1.51. The van der Waals surface area contributed by atoms with E-state index in [1.54, 1.807) is 45.0 Å². The molecule has 0 saturated carbocycles. The molecule has 0 aliphatic heterocycles. The summed E-state index contributed by atoms with van der Waals surface area (Å²) in [5.74, 6) is -1.98. The van der Waals surface area contributed by atoms with Gasteiger partial charge in [0, 0.05) is 12.5 Å². The van der Waals surface area contributed by atoms with E-state index in [1.807, 2.05) is 68.4 Å². The van der Waals surface area contributed by atoms with Crippen molar-refractivity contribution < 1.29 is 42.9 Å². The van der Waals surface area contributed by atoms with Gasteiger partial charge in [-0.1, -0.05) is 92.7 Å². The number of nitrogens with zero attached hydrogens (tertiary/aromatic N) is 1. The molecule has 12 heteroatoms. The molecule has 1 aliphatic carbocycles. The quantitative estimate of drug-likeness (QED) is 0.0931. The lowest BCUT2D eigenvalue weighted by molar-refractivity contribution is -0.152. The molecular weight excluding hydrogens is 678 g/mol. The molecule has 0 heterocycles. The molecule has 4 amide bonds. The fourth-order valence-electron chi connectivity index (χ4n) is 6.26. The van der Waals surface area contributed by atoms with Gasteiger partial charge in [0.2, 0.25) is 0 Å². The first kappa shape index (κ1) is 40.4. The zero-order chi connectivity index (χ0) is 38.5. The number of esters is 1. The number of benzene rings is 3. The molecule has 4 rings (SSSR count). The van der Waals surface area contributed by atoms with Gasteiger partial charge in [0.1, 0.15) is 30.9 Å². The molecule has 0 bridgehead atoms. The van der Waals surface area contributed by atoms with E-state index < -0.39 is 47.8 Å². The second-order valence-electron chi connectivity index (χ2n) is 14.4. The van der Waals surface area contributed by atoms with Gasteiger partial charge in [-0.3, -0.25) is 4.79 Å². The molecule has 0 saturated heterocycles. The number of hydrogen-bond acceptors (Lipinski definition) is 9. The maximum absolute atomic E-state index is 14.4. The molecule has 2 atom stereocenters. The van der Waals surface area contributed by atoms with Gasteiger partial charge in [-0.15, -0.1) is 0 Å². The standard InChI is InChI=1S/C41H51N3O9/c1-27(2)24-34(43-39(48)51-26-33-31-20-12-10-18-29(31)30-19-11-13-21-32(30)33)36(45)44(40(49)52-25-28-16-8-7-9-17-28)35(37(46)50-6)22-14-15-23-42-38(47)53-41(3,4)5/h7-13,16-21,27,33-35H,14-15,22-26H2,1-6H3,(H,42,47)(H,43,48)/t34-,35+/m1/s1. The highest BCUT2D eigenvalue weighted by Gasteiger charge is 2.41. The maximum Gasteiger partial charge on any atom is 0.417 e. The largest absolute Gasteiger partial charge is 0.467 e. The Morgan fingerprint density at radius 2 is 1.40 bits per heavy atom. The number of hydrogen-bond donors (Lipinski definition) is 2. The molecule has 0 radical (unpaired) electrons.